The highest BCUT2D eigenvalue weighted by molar-refractivity contribution is 5.68. The van der Waals surface area contributed by atoms with Gasteiger partial charge in [-0.05, 0) is 23.3 Å². The molecule has 2 aromatic carbocycles. The monoisotopic (exact) mass is 369 g/mol. The van der Waals surface area contributed by atoms with E-state index in [1.54, 1.807) is 0 Å². The molecule has 0 N–H and O–H groups in total. The average Bonchev–Trinajstić information content (AvgIpc) is 3.40. The van der Waals surface area contributed by atoms with E-state index in [1.807, 2.05) is 56.3 Å². The second-order valence-electron chi connectivity index (χ2n) is 6.87. The first-order valence-electron chi connectivity index (χ1n) is 9.61. The molecule has 4 rings (SSSR count). The zero-order chi connectivity index (χ0) is 18.9. The minimum atomic E-state index is -1.01. The number of hydrogen-bond donors (Lipinski definition) is 0. The van der Waals surface area contributed by atoms with Crippen LogP contribution in [-0.2, 0) is 35.6 Å². The van der Waals surface area contributed by atoms with Gasteiger partial charge in [-0.25, -0.2) is 0 Å². The Morgan fingerprint density at radius 2 is 1.19 bits per heavy atom. The maximum absolute atomic E-state index is 13.5. The molecule has 0 bridgehead atoms. The van der Waals surface area contributed by atoms with Crippen molar-refractivity contribution in [1.82, 2.24) is 0 Å². The van der Waals surface area contributed by atoms with Crippen molar-refractivity contribution in [1.29, 1.82) is 0 Å². The molecular formula is C22H25O5. The molecule has 0 aromatic heterocycles. The highest BCUT2D eigenvalue weighted by Gasteiger charge is 2.45. The van der Waals surface area contributed by atoms with Gasteiger partial charge in [0.25, 0.3) is 0 Å². The lowest BCUT2D eigenvalue weighted by Gasteiger charge is -2.32. The van der Waals surface area contributed by atoms with Gasteiger partial charge in [-0.3, -0.25) is 5.11 Å². The van der Waals surface area contributed by atoms with E-state index < -0.39 is 11.6 Å². The third-order valence-electron chi connectivity index (χ3n) is 5.46. The molecule has 2 heterocycles. The predicted molar refractivity (Wildman–Crippen MR) is 99.8 cm³/mol. The molecule has 5 nitrogen and oxygen atoms in total. The molecule has 5 heteroatoms. The van der Waals surface area contributed by atoms with Crippen LogP contribution in [0.4, 0.5) is 0 Å². The Morgan fingerprint density at radius 1 is 0.741 bits per heavy atom. The molecule has 0 unspecified atom stereocenters. The number of hydrogen-bond acceptors (Lipinski definition) is 4. The second kappa shape index (κ2) is 7.24. The van der Waals surface area contributed by atoms with Gasteiger partial charge in [-0.15, -0.1) is 0 Å². The largest absolute Gasteiger partial charge is 0.343 e. The standard InChI is InChI=1S/C22H25O5/c1-3-21(24-10-11-25-21)18-14-17(16-8-6-5-7-9-16)15-19(20(18)23)22(4-2)26-12-13-27-22/h5-9,14-15H,3-4,10-13H2,1-2H3. The molecule has 2 saturated heterocycles. The van der Waals surface area contributed by atoms with Gasteiger partial charge in [0, 0.05) is 12.8 Å². The van der Waals surface area contributed by atoms with E-state index in [-0.39, 0.29) is 5.75 Å². The first-order valence-corrected chi connectivity index (χ1v) is 9.61. The molecule has 27 heavy (non-hydrogen) atoms. The Balaban J connectivity index is 1.94. The van der Waals surface area contributed by atoms with Crippen LogP contribution in [0.25, 0.3) is 11.1 Å². The Hall–Kier alpha value is -1.92. The second-order valence-corrected chi connectivity index (χ2v) is 6.87. The summed E-state index contributed by atoms with van der Waals surface area (Å²) >= 11 is 0. The average molecular weight is 369 g/mol. The minimum Gasteiger partial charge on any atom is -0.343 e. The van der Waals surface area contributed by atoms with Gasteiger partial charge in [-0.2, -0.15) is 0 Å². The lowest BCUT2D eigenvalue weighted by molar-refractivity contribution is -0.175. The van der Waals surface area contributed by atoms with Crippen LogP contribution in [0.15, 0.2) is 42.5 Å². The fraction of sp³-hybridized carbons (Fsp3) is 0.455. The van der Waals surface area contributed by atoms with Crippen LogP contribution in [0.2, 0.25) is 0 Å². The number of rotatable bonds is 5. The molecule has 1 radical (unpaired) electrons. The third-order valence-corrected chi connectivity index (χ3v) is 5.46. The zero-order valence-electron chi connectivity index (χ0n) is 15.8. The SMILES string of the molecule is CCC1(c2cc(-c3ccccc3)cc(C3(CC)OCCO3)c2[O])OCCO1. The van der Waals surface area contributed by atoms with Gasteiger partial charge in [-0.1, -0.05) is 44.2 Å². The van der Waals surface area contributed by atoms with Crippen LogP contribution in [0, 0.1) is 0 Å². The summed E-state index contributed by atoms with van der Waals surface area (Å²) in [4.78, 5) is 0. The molecule has 143 valence electrons. The van der Waals surface area contributed by atoms with Crippen LogP contribution in [0.1, 0.15) is 37.8 Å². The molecule has 0 spiro atoms. The normalized spacial score (nSPS) is 20.8. The van der Waals surface area contributed by atoms with E-state index in [9.17, 15) is 5.11 Å². The molecule has 0 aliphatic carbocycles. The third kappa shape index (κ3) is 3.05. The molecule has 0 amide bonds. The zero-order valence-corrected chi connectivity index (χ0v) is 15.8. The van der Waals surface area contributed by atoms with Crippen molar-refractivity contribution in [3.05, 3.63) is 53.6 Å². The van der Waals surface area contributed by atoms with E-state index in [1.165, 1.54) is 0 Å². The fourth-order valence-corrected chi connectivity index (χ4v) is 4.00. The summed E-state index contributed by atoms with van der Waals surface area (Å²) in [7, 11) is 0. The van der Waals surface area contributed by atoms with Crippen molar-refractivity contribution >= 4 is 0 Å². The van der Waals surface area contributed by atoms with E-state index in [0.717, 1.165) is 11.1 Å². The topological polar surface area (TPSA) is 56.8 Å². The van der Waals surface area contributed by atoms with E-state index in [0.29, 0.717) is 50.4 Å². The van der Waals surface area contributed by atoms with Gasteiger partial charge in [0.15, 0.2) is 17.3 Å². The van der Waals surface area contributed by atoms with Crippen molar-refractivity contribution in [3.63, 3.8) is 0 Å². The molecule has 2 aliphatic heterocycles. The van der Waals surface area contributed by atoms with Gasteiger partial charge < -0.3 is 18.9 Å². The number of ether oxygens (including phenoxy) is 4. The Morgan fingerprint density at radius 3 is 1.59 bits per heavy atom. The lowest BCUT2D eigenvalue weighted by Crippen LogP contribution is -2.30. The van der Waals surface area contributed by atoms with Crippen molar-refractivity contribution in [2.75, 3.05) is 26.4 Å². The Kier molecular flexibility index (Phi) is 4.95. The van der Waals surface area contributed by atoms with E-state index in [2.05, 4.69) is 0 Å². The van der Waals surface area contributed by atoms with Crippen molar-refractivity contribution < 1.29 is 24.1 Å². The predicted octanol–water partition coefficient (Wildman–Crippen LogP) is 4.72. The highest BCUT2D eigenvalue weighted by atomic mass is 16.7. The van der Waals surface area contributed by atoms with Crippen LogP contribution in [0.5, 0.6) is 5.75 Å². The lowest BCUT2D eigenvalue weighted by atomic mass is 9.89. The smallest absolute Gasteiger partial charge is 0.198 e. The van der Waals surface area contributed by atoms with Gasteiger partial charge in [0.05, 0.1) is 37.6 Å². The molecule has 2 aliphatic rings. The Labute approximate surface area is 159 Å². The van der Waals surface area contributed by atoms with E-state index in [4.69, 9.17) is 18.9 Å². The van der Waals surface area contributed by atoms with Crippen molar-refractivity contribution in [3.8, 4) is 16.9 Å². The van der Waals surface area contributed by atoms with Gasteiger partial charge in [0.1, 0.15) is 0 Å². The summed E-state index contributed by atoms with van der Waals surface area (Å²) < 4.78 is 23.7. The fourth-order valence-electron chi connectivity index (χ4n) is 4.00. The first kappa shape index (κ1) is 18.4. The molecule has 0 saturated carbocycles. The van der Waals surface area contributed by atoms with Gasteiger partial charge >= 0.3 is 0 Å². The first-order chi connectivity index (χ1) is 13.1. The molecule has 2 fully saturated rings. The van der Waals surface area contributed by atoms with Crippen LogP contribution in [-0.4, -0.2) is 26.4 Å². The summed E-state index contributed by atoms with van der Waals surface area (Å²) in [5, 5.41) is 13.5. The van der Waals surface area contributed by atoms with Crippen molar-refractivity contribution in [2.45, 2.75) is 38.3 Å². The molecule has 2 aromatic rings. The minimum absolute atomic E-state index is 0.123. The van der Waals surface area contributed by atoms with Crippen LogP contribution < -0.4 is 0 Å². The van der Waals surface area contributed by atoms with E-state index >= 15 is 0 Å². The Bertz CT molecular complexity index is 745. The number of benzene rings is 2. The van der Waals surface area contributed by atoms with Crippen molar-refractivity contribution in [2.24, 2.45) is 0 Å². The highest BCUT2D eigenvalue weighted by Crippen LogP contribution is 2.48. The summed E-state index contributed by atoms with van der Waals surface area (Å²) in [5.74, 6) is -2.14. The summed E-state index contributed by atoms with van der Waals surface area (Å²) in [6.45, 7) is 5.85. The molecule has 0 atom stereocenters. The quantitative estimate of drug-likeness (QED) is 0.765. The van der Waals surface area contributed by atoms with Crippen LogP contribution >= 0.6 is 0 Å². The van der Waals surface area contributed by atoms with Gasteiger partial charge in [0.2, 0.25) is 0 Å². The maximum Gasteiger partial charge on any atom is 0.198 e. The summed E-state index contributed by atoms with van der Waals surface area (Å²) in [6.07, 6.45) is 1.11. The van der Waals surface area contributed by atoms with Crippen LogP contribution in [0.3, 0.4) is 0 Å². The molecular weight excluding hydrogens is 344 g/mol. The summed E-state index contributed by atoms with van der Waals surface area (Å²) in [6, 6.07) is 13.8. The summed E-state index contributed by atoms with van der Waals surface area (Å²) in [5.41, 5.74) is 2.99. The maximum atomic E-state index is 13.5.